The van der Waals surface area contributed by atoms with E-state index in [4.69, 9.17) is 10.5 Å². The first kappa shape index (κ1) is 17.3. The zero-order valence-electron chi connectivity index (χ0n) is 14.3. The van der Waals surface area contributed by atoms with Crippen molar-refractivity contribution in [3.05, 3.63) is 34.3 Å². The zero-order chi connectivity index (χ0) is 18.3. The fraction of sp³-hybridized carbons (Fsp3) is 0.235. The summed E-state index contributed by atoms with van der Waals surface area (Å²) in [6, 6.07) is 4.07. The number of halogens is 1. The number of aryl methyl sites for hydroxylation is 1. The normalized spacial score (nSPS) is 11.7. The third-order valence-electron chi connectivity index (χ3n) is 4.02. The Balaban J connectivity index is 1.83. The van der Waals surface area contributed by atoms with Crippen LogP contribution in [-0.2, 0) is 11.3 Å². The zero-order valence-corrected chi connectivity index (χ0v) is 16.7. The van der Waals surface area contributed by atoms with Gasteiger partial charge in [0.25, 0.3) is 0 Å². The predicted octanol–water partition coefficient (Wildman–Crippen LogP) is 4.18. The molecule has 0 amide bonds. The molecule has 0 unspecified atom stereocenters. The summed E-state index contributed by atoms with van der Waals surface area (Å²) < 4.78 is 6.46. The van der Waals surface area contributed by atoms with Crippen LogP contribution in [0.4, 0.5) is 5.82 Å². The fourth-order valence-corrected chi connectivity index (χ4v) is 4.29. The number of rotatable bonds is 5. The van der Waals surface area contributed by atoms with E-state index in [2.05, 4.69) is 41.1 Å². The molecule has 0 bridgehead atoms. The van der Waals surface area contributed by atoms with Crippen molar-refractivity contribution in [3.8, 4) is 0 Å². The maximum atomic E-state index is 6.09. The number of hydrogen-bond donors (Lipinski definition) is 3. The quantitative estimate of drug-likeness (QED) is 0.436. The van der Waals surface area contributed by atoms with Crippen molar-refractivity contribution in [1.82, 2.24) is 25.1 Å². The minimum atomic E-state index is 0.414. The summed E-state index contributed by atoms with van der Waals surface area (Å²) in [5, 5.41) is 8.27. The molecule has 0 atom stereocenters. The number of ether oxygens (including phenoxy) is 1. The summed E-state index contributed by atoms with van der Waals surface area (Å²) in [6.07, 6.45) is 1.81. The molecular formula is C17H17BrN6OS. The van der Waals surface area contributed by atoms with Crippen LogP contribution in [0, 0.1) is 6.92 Å². The van der Waals surface area contributed by atoms with E-state index in [0.29, 0.717) is 24.5 Å². The Morgan fingerprint density at radius 2 is 2.12 bits per heavy atom. The average molecular weight is 433 g/mol. The number of H-pyrrole nitrogens is 2. The highest BCUT2D eigenvalue weighted by molar-refractivity contribution is 9.10. The minimum Gasteiger partial charge on any atom is -0.382 e. The van der Waals surface area contributed by atoms with Crippen LogP contribution in [0.1, 0.15) is 18.4 Å². The van der Waals surface area contributed by atoms with Crippen molar-refractivity contribution < 1.29 is 4.74 Å². The van der Waals surface area contributed by atoms with Crippen LogP contribution in [0.2, 0.25) is 0 Å². The highest BCUT2D eigenvalue weighted by Gasteiger charge is 2.17. The first-order valence-corrected chi connectivity index (χ1v) is 9.71. The van der Waals surface area contributed by atoms with Crippen LogP contribution in [0.15, 0.2) is 32.6 Å². The van der Waals surface area contributed by atoms with Crippen molar-refractivity contribution >= 4 is 55.4 Å². The Hall–Kier alpha value is -2.10. The molecule has 134 valence electrons. The predicted molar refractivity (Wildman–Crippen MR) is 106 cm³/mol. The van der Waals surface area contributed by atoms with Crippen molar-refractivity contribution in [1.29, 1.82) is 0 Å². The topological polar surface area (TPSA) is 106 Å². The fourth-order valence-electron chi connectivity index (χ4n) is 2.80. The number of anilines is 1. The van der Waals surface area contributed by atoms with Crippen molar-refractivity contribution in [2.24, 2.45) is 0 Å². The summed E-state index contributed by atoms with van der Waals surface area (Å²) in [7, 11) is 0. The SMILES string of the molecule is CCOCc1nc2c(N)nc(C)c(Sc3ccc(Br)c4cn[nH]c34)c2[nH]1. The lowest BCUT2D eigenvalue weighted by atomic mass is 10.3. The Bertz CT molecular complexity index is 1110. The molecule has 3 aromatic heterocycles. The second kappa shape index (κ2) is 6.90. The number of nitrogens with one attached hydrogen (secondary N) is 2. The maximum Gasteiger partial charge on any atom is 0.151 e. The van der Waals surface area contributed by atoms with Gasteiger partial charge in [0, 0.05) is 21.4 Å². The van der Waals surface area contributed by atoms with E-state index in [1.165, 1.54) is 0 Å². The molecule has 4 rings (SSSR count). The highest BCUT2D eigenvalue weighted by atomic mass is 79.9. The lowest BCUT2D eigenvalue weighted by Gasteiger charge is -2.09. The van der Waals surface area contributed by atoms with Crippen molar-refractivity contribution in [3.63, 3.8) is 0 Å². The first-order chi connectivity index (χ1) is 12.6. The molecular weight excluding hydrogens is 416 g/mol. The Labute approximate surface area is 162 Å². The monoisotopic (exact) mass is 432 g/mol. The van der Waals surface area contributed by atoms with E-state index >= 15 is 0 Å². The van der Waals surface area contributed by atoms with Gasteiger partial charge in [0.1, 0.15) is 17.9 Å². The average Bonchev–Trinajstić information content (AvgIpc) is 3.26. The third-order valence-corrected chi connectivity index (χ3v) is 5.97. The van der Waals surface area contributed by atoms with E-state index in [9.17, 15) is 0 Å². The van der Waals surface area contributed by atoms with Gasteiger partial charge in [-0.1, -0.05) is 27.7 Å². The van der Waals surface area contributed by atoms with Crippen LogP contribution in [0.3, 0.4) is 0 Å². The first-order valence-electron chi connectivity index (χ1n) is 8.10. The van der Waals surface area contributed by atoms with Gasteiger partial charge in [-0.3, -0.25) is 5.10 Å². The standard InChI is InChI=1S/C17H17BrN6OS/c1-3-25-7-12-22-14-15(23-12)17(19)21-8(2)16(14)26-11-5-4-10(18)9-6-20-24-13(9)11/h4-6H,3,7H2,1-2H3,(H2,19,21)(H,20,24)(H,22,23). The molecule has 4 aromatic rings. The number of fused-ring (bicyclic) bond motifs is 2. The molecule has 0 saturated carbocycles. The van der Waals surface area contributed by atoms with Crippen LogP contribution in [0.5, 0.6) is 0 Å². The number of aromatic nitrogens is 5. The molecule has 7 nitrogen and oxygen atoms in total. The summed E-state index contributed by atoms with van der Waals surface area (Å²) >= 11 is 5.17. The molecule has 1 aromatic carbocycles. The van der Waals surface area contributed by atoms with Gasteiger partial charge < -0.3 is 15.5 Å². The lowest BCUT2D eigenvalue weighted by molar-refractivity contribution is 0.129. The van der Waals surface area contributed by atoms with Gasteiger partial charge in [-0.15, -0.1) is 0 Å². The van der Waals surface area contributed by atoms with E-state index in [-0.39, 0.29) is 0 Å². The molecule has 0 aliphatic rings. The van der Waals surface area contributed by atoms with Gasteiger partial charge in [-0.25, -0.2) is 9.97 Å². The van der Waals surface area contributed by atoms with Crippen LogP contribution in [0.25, 0.3) is 21.9 Å². The van der Waals surface area contributed by atoms with Gasteiger partial charge >= 0.3 is 0 Å². The Morgan fingerprint density at radius 1 is 1.27 bits per heavy atom. The second-order valence-electron chi connectivity index (χ2n) is 5.76. The number of nitrogen functional groups attached to an aromatic ring is 1. The highest BCUT2D eigenvalue weighted by Crippen LogP contribution is 2.40. The van der Waals surface area contributed by atoms with E-state index in [1.54, 1.807) is 11.8 Å². The van der Waals surface area contributed by atoms with E-state index in [0.717, 1.165) is 42.2 Å². The largest absolute Gasteiger partial charge is 0.382 e. The molecule has 26 heavy (non-hydrogen) atoms. The molecule has 0 radical (unpaired) electrons. The smallest absolute Gasteiger partial charge is 0.151 e. The molecule has 3 heterocycles. The molecule has 4 N–H and O–H groups in total. The number of nitrogens with two attached hydrogens (primary N) is 1. The molecule has 0 spiro atoms. The summed E-state index contributed by atoms with van der Waals surface area (Å²) in [6.45, 7) is 4.94. The van der Waals surface area contributed by atoms with Crippen LogP contribution < -0.4 is 5.73 Å². The molecule has 0 saturated heterocycles. The number of aromatic amines is 2. The van der Waals surface area contributed by atoms with E-state index in [1.807, 2.05) is 32.2 Å². The third kappa shape index (κ3) is 2.95. The molecule has 9 heteroatoms. The van der Waals surface area contributed by atoms with Gasteiger partial charge in [0.05, 0.1) is 27.8 Å². The lowest BCUT2D eigenvalue weighted by Crippen LogP contribution is -1.96. The van der Waals surface area contributed by atoms with Gasteiger partial charge in [-0.05, 0) is 26.0 Å². The Kier molecular flexibility index (Phi) is 4.60. The number of benzene rings is 1. The van der Waals surface area contributed by atoms with Crippen molar-refractivity contribution in [2.45, 2.75) is 30.2 Å². The number of nitrogens with zero attached hydrogens (tertiary/aromatic N) is 3. The van der Waals surface area contributed by atoms with Gasteiger partial charge in [-0.2, -0.15) is 5.10 Å². The maximum absolute atomic E-state index is 6.09. The molecule has 0 aliphatic carbocycles. The molecule has 0 fully saturated rings. The van der Waals surface area contributed by atoms with Gasteiger partial charge in [0.15, 0.2) is 5.82 Å². The number of imidazole rings is 1. The molecule has 0 aliphatic heterocycles. The van der Waals surface area contributed by atoms with E-state index < -0.39 is 0 Å². The van der Waals surface area contributed by atoms with Crippen molar-refractivity contribution in [2.75, 3.05) is 12.3 Å². The summed E-state index contributed by atoms with van der Waals surface area (Å²) in [5.41, 5.74) is 9.47. The second-order valence-corrected chi connectivity index (χ2v) is 7.67. The summed E-state index contributed by atoms with van der Waals surface area (Å²) in [4.78, 5) is 14.4. The number of hydrogen-bond acceptors (Lipinski definition) is 6. The summed E-state index contributed by atoms with van der Waals surface area (Å²) in [5.74, 6) is 1.16. The number of pyridine rings is 1. The van der Waals surface area contributed by atoms with Gasteiger partial charge in [0.2, 0.25) is 0 Å². The minimum absolute atomic E-state index is 0.414. The van der Waals surface area contributed by atoms with Crippen LogP contribution >= 0.6 is 27.7 Å². The van der Waals surface area contributed by atoms with Crippen LogP contribution in [-0.4, -0.2) is 31.8 Å². The Morgan fingerprint density at radius 3 is 2.92 bits per heavy atom.